The van der Waals surface area contributed by atoms with Crippen LogP contribution in [0.1, 0.15) is 37.0 Å². The minimum atomic E-state index is -0.175. The van der Waals surface area contributed by atoms with Gasteiger partial charge in [-0.15, -0.1) is 0 Å². The first-order valence-corrected chi connectivity index (χ1v) is 8.10. The van der Waals surface area contributed by atoms with E-state index in [1.807, 2.05) is 0 Å². The Bertz CT molecular complexity index is 442. The van der Waals surface area contributed by atoms with Crippen LogP contribution in [0.5, 0.6) is 0 Å². The van der Waals surface area contributed by atoms with Crippen molar-refractivity contribution in [1.29, 1.82) is 0 Å². The van der Waals surface area contributed by atoms with Gasteiger partial charge < -0.3 is 5.32 Å². The summed E-state index contributed by atoms with van der Waals surface area (Å²) in [6.45, 7) is 4.89. The summed E-state index contributed by atoms with van der Waals surface area (Å²) in [5.41, 5.74) is 0.427. The van der Waals surface area contributed by atoms with Gasteiger partial charge in [0.1, 0.15) is 5.15 Å². The number of pyridine rings is 1. The third kappa shape index (κ3) is 4.26. The number of aromatic nitrogens is 1. The zero-order valence-corrected chi connectivity index (χ0v) is 13.6. The Kier molecular flexibility index (Phi) is 6.43. The van der Waals surface area contributed by atoms with E-state index in [0.29, 0.717) is 12.1 Å². The molecular weight excluding hydrogens is 303 g/mol. The largest absolute Gasteiger partial charge is 0.351 e. The van der Waals surface area contributed by atoms with E-state index in [-0.39, 0.29) is 20.8 Å². The summed E-state index contributed by atoms with van der Waals surface area (Å²) >= 11 is 13.4. The van der Waals surface area contributed by atoms with Crippen molar-refractivity contribution in [3.05, 3.63) is 28.0 Å². The molecule has 0 saturated heterocycles. The fourth-order valence-corrected chi connectivity index (χ4v) is 2.81. The van der Waals surface area contributed by atoms with Gasteiger partial charge in [0.15, 0.2) is 0 Å². The number of rotatable bonds is 6. The lowest BCUT2D eigenvalue weighted by molar-refractivity contribution is 0.0948. The third-order valence-corrected chi connectivity index (χ3v) is 5.63. The first-order chi connectivity index (χ1) is 8.98. The van der Waals surface area contributed by atoms with Crippen LogP contribution in [0.25, 0.3) is 0 Å². The highest BCUT2D eigenvalue weighted by Crippen LogP contribution is 2.29. The van der Waals surface area contributed by atoms with E-state index < -0.39 is 0 Å². The molecule has 1 aromatic heterocycles. The second-order valence-corrected chi connectivity index (χ2v) is 6.31. The molecule has 0 aliphatic rings. The summed E-state index contributed by atoms with van der Waals surface area (Å²) in [6.07, 6.45) is 5.51. The van der Waals surface area contributed by atoms with Crippen molar-refractivity contribution in [2.24, 2.45) is 0 Å². The van der Waals surface area contributed by atoms with Gasteiger partial charge in [0, 0.05) is 17.5 Å². The average molecular weight is 321 g/mol. The van der Waals surface area contributed by atoms with Crippen LogP contribution >= 0.6 is 35.0 Å². The SMILES string of the molecule is CCC(CC)(CNC(=O)c1cnc(Cl)c(Cl)c1)SC. The topological polar surface area (TPSA) is 42.0 Å². The molecule has 0 saturated carbocycles. The van der Waals surface area contributed by atoms with Gasteiger partial charge in [-0.3, -0.25) is 4.79 Å². The van der Waals surface area contributed by atoms with Crippen molar-refractivity contribution < 1.29 is 4.79 Å². The highest BCUT2D eigenvalue weighted by Gasteiger charge is 2.25. The molecule has 0 atom stereocenters. The number of thioether (sulfide) groups is 1. The zero-order chi connectivity index (χ0) is 14.5. The van der Waals surface area contributed by atoms with E-state index in [0.717, 1.165) is 12.8 Å². The maximum atomic E-state index is 12.0. The van der Waals surface area contributed by atoms with Gasteiger partial charge in [-0.1, -0.05) is 37.0 Å². The molecule has 0 aromatic carbocycles. The molecule has 6 heteroatoms. The van der Waals surface area contributed by atoms with Crippen LogP contribution in [0.2, 0.25) is 10.2 Å². The minimum absolute atomic E-state index is 0.0826. The molecule has 0 aliphatic heterocycles. The van der Waals surface area contributed by atoms with E-state index in [9.17, 15) is 4.79 Å². The molecule has 106 valence electrons. The maximum Gasteiger partial charge on any atom is 0.252 e. The minimum Gasteiger partial charge on any atom is -0.351 e. The number of halogens is 2. The van der Waals surface area contributed by atoms with Gasteiger partial charge in [0.25, 0.3) is 5.91 Å². The average Bonchev–Trinajstić information content (AvgIpc) is 2.43. The smallest absolute Gasteiger partial charge is 0.252 e. The molecule has 3 nitrogen and oxygen atoms in total. The molecule has 0 radical (unpaired) electrons. The van der Waals surface area contributed by atoms with Gasteiger partial charge >= 0.3 is 0 Å². The molecule has 19 heavy (non-hydrogen) atoms. The number of carbonyl (C=O) groups excluding carboxylic acids is 1. The molecule has 0 aliphatic carbocycles. The van der Waals surface area contributed by atoms with Gasteiger partial charge in [-0.25, -0.2) is 4.98 Å². The Morgan fingerprint density at radius 1 is 1.42 bits per heavy atom. The Labute approximate surface area is 128 Å². The zero-order valence-electron chi connectivity index (χ0n) is 11.3. The van der Waals surface area contributed by atoms with E-state index in [2.05, 4.69) is 30.4 Å². The van der Waals surface area contributed by atoms with Crippen molar-refractivity contribution in [2.75, 3.05) is 12.8 Å². The normalized spacial score (nSPS) is 11.4. The lowest BCUT2D eigenvalue weighted by Gasteiger charge is -2.29. The van der Waals surface area contributed by atoms with Crippen LogP contribution in [0.15, 0.2) is 12.3 Å². The lowest BCUT2D eigenvalue weighted by Crippen LogP contribution is -2.39. The van der Waals surface area contributed by atoms with E-state index in [1.165, 1.54) is 12.3 Å². The number of carbonyl (C=O) groups is 1. The second-order valence-electron chi connectivity index (χ2n) is 4.27. The number of nitrogens with one attached hydrogen (secondary N) is 1. The van der Waals surface area contributed by atoms with E-state index >= 15 is 0 Å². The third-order valence-electron chi connectivity index (χ3n) is 3.35. The molecular formula is C13H18Cl2N2OS. The fraction of sp³-hybridized carbons (Fsp3) is 0.538. The van der Waals surface area contributed by atoms with Gasteiger partial charge in [-0.2, -0.15) is 11.8 Å². The molecule has 0 fully saturated rings. The van der Waals surface area contributed by atoms with Crippen LogP contribution in [0, 0.1) is 0 Å². The predicted molar refractivity (Wildman–Crippen MR) is 83.4 cm³/mol. The molecule has 0 unspecified atom stereocenters. The van der Waals surface area contributed by atoms with Crippen molar-refractivity contribution in [2.45, 2.75) is 31.4 Å². The van der Waals surface area contributed by atoms with E-state index in [1.54, 1.807) is 11.8 Å². The number of nitrogens with zero attached hydrogens (tertiary/aromatic N) is 1. The highest BCUT2D eigenvalue weighted by molar-refractivity contribution is 8.00. The van der Waals surface area contributed by atoms with Crippen LogP contribution in [0.3, 0.4) is 0 Å². The Balaban J connectivity index is 2.72. The Morgan fingerprint density at radius 2 is 2.05 bits per heavy atom. The number of hydrogen-bond acceptors (Lipinski definition) is 3. The number of amides is 1. The van der Waals surface area contributed by atoms with Crippen molar-refractivity contribution in [3.63, 3.8) is 0 Å². The molecule has 1 aromatic rings. The van der Waals surface area contributed by atoms with Crippen LogP contribution in [-0.2, 0) is 0 Å². The van der Waals surface area contributed by atoms with Crippen molar-refractivity contribution in [3.8, 4) is 0 Å². The summed E-state index contributed by atoms with van der Waals surface area (Å²) in [4.78, 5) is 15.9. The highest BCUT2D eigenvalue weighted by atomic mass is 35.5. The molecule has 0 spiro atoms. The molecule has 1 rings (SSSR count). The first-order valence-electron chi connectivity index (χ1n) is 6.12. The van der Waals surface area contributed by atoms with Crippen LogP contribution in [-0.4, -0.2) is 28.4 Å². The van der Waals surface area contributed by atoms with Gasteiger partial charge in [-0.05, 0) is 25.2 Å². The van der Waals surface area contributed by atoms with Crippen LogP contribution in [0.4, 0.5) is 0 Å². The Morgan fingerprint density at radius 3 is 2.53 bits per heavy atom. The molecule has 1 heterocycles. The monoisotopic (exact) mass is 320 g/mol. The standard InChI is InChI=1S/C13H18Cl2N2OS/c1-4-13(5-2,19-3)8-17-12(18)9-6-10(14)11(15)16-7-9/h6-7H,4-5,8H2,1-3H3,(H,17,18). The number of hydrogen-bond donors (Lipinski definition) is 1. The molecule has 1 N–H and O–H groups in total. The Hall–Kier alpha value is -0.450. The van der Waals surface area contributed by atoms with E-state index in [4.69, 9.17) is 23.2 Å². The summed E-state index contributed by atoms with van der Waals surface area (Å²) in [7, 11) is 0. The summed E-state index contributed by atoms with van der Waals surface area (Å²) in [5, 5.41) is 3.43. The summed E-state index contributed by atoms with van der Waals surface area (Å²) in [6, 6.07) is 1.53. The van der Waals surface area contributed by atoms with Gasteiger partial charge in [0.05, 0.1) is 10.6 Å². The first kappa shape index (κ1) is 16.6. The molecule has 1 amide bonds. The van der Waals surface area contributed by atoms with Crippen molar-refractivity contribution >= 4 is 40.9 Å². The molecule has 0 bridgehead atoms. The quantitative estimate of drug-likeness (QED) is 0.804. The van der Waals surface area contributed by atoms with Crippen molar-refractivity contribution in [1.82, 2.24) is 10.3 Å². The maximum absolute atomic E-state index is 12.0. The van der Waals surface area contributed by atoms with Gasteiger partial charge in [0.2, 0.25) is 0 Å². The van der Waals surface area contributed by atoms with Crippen LogP contribution < -0.4 is 5.32 Å². The second kappa shape index (κ2) is 7.36. The summed E-state index contributed by atoms with van der Waals surface area (Å²) < 4.78 is 0.0826. The predicted octanol–water partition coefficient (Wildman–Crippen LogP) is 4.04. The fourth-order valence-electron chi connectivity index (χ4n) is 1.75. The lowest BCUT2D eigenvalue weighted by atomic mass is 10.0. The summed E-state index contributed by atoms with van der Waals surface area (Å²) in [5.74, 6) is -0.175.